The highest BCUT2D eigenvalue weighted by molar-refractivity contribution is 5.84. The smallest absolute Gasteiger partial charge is 0.152 e. The molecule has 1 fully saturated rings. The Balaban J connectivity index is 1.61. The van der Waals surface area contributed by atoms with E-state index in [1.165, 1.54) is 11.1 Å². The van der Waals surface area contributed by atoms with Crippen LogP contribution >= 0.6 is 0 Å². The molecule has 1 aromatic carbocycles. The fourth-order valence-electron chi connectivity index (χ4n) is 2.38. The topological polar surface area (TPSA) is 32.3 Å². The van der Waals surface area contributed by atoms with Crippen LogP contribution in [0.15, 0.2) is 24.3 Å². The SMILES string of the molecule is O=C(CN1Cc2ccccc2C1)C1CNC1. The molecular weight excluding hydrogens is 200 g/mol. The lowest BCUT2D eigenvalue weighted by atomic mass is 9.98. The van der Waals surface area contributed by atoms with Crippen LogP contribution in [0.5, 0.6) is 0 Å². The molecule has 0 bridgehead atoms. The van der Waals surface area contributed by atoms with Crippen molar-refractivity contribution in [2.24, 2.45) is 5.92 Å². The van der Waals surface area contributed by atoms with E-state index in [9.17, 15) is 4.79 Å². The van der Waals surface area contributed by atoms with Crippen molar-refractivity contribution < 1.29 is 4.79 Å². The van der Waals surface area contributed by atoms with Crippen LogP contribution in [0.25, 0.3) is 0 Å². The van der Waals surface area contributed by atoms with Crippen molar-refractivity contribution in [2.75, 3.05) is 19.6 Å². The number of nitrogens with one attached hydrogen (secondary N) is 1. The van der Waals surface area contributed by atoms with E-state index in [0.29, 0.717) is 12.3 Å². The predicted octanol–water partition coefficient (Wildman–Crippen LogP) is 0.791. The minimum atomic E-state index is 0.267. The maximum Gasteiger partial charge on any atom is 0.152 e. The van der Waals surface area contributed by atoms with Crippen molar-refractivity contribution >= 4 is 5.78 Å². The third kappa shape index (κ3) is 1.77. The molecule has 3 nitrogen and oxygen atoms in total. The van der Waals surface area contributed by atoms with Crippen molar-refractivity contribution in [3.05, 3.63) is 35.4 Å². The molecule has 2 heterocycles. The van der Waals surface area contributed by atoms with E-state index >= 15 is 0 Å². The summed E-state index contributed by atoms with van der Waals surface area (Å²) in [7, 11) is 0. The van der Waals surface area contributed by atoms with E-state index in [0.717, 1.165) is 26.2 Å². The quantitative estimate of drug-likeness (QED) is 0.811. The second-order valence-corrected chi connectivity index (χ2v) is 4.74. The zero-order chi connectivity index (χ0) is 11.0. The van der Waals surface area contributed by atoms with Crippen LogP contribution in [0, 0.1) is 5.92 Å². The molecule has 0 spiro atoms. The first-order valence-electron chi connectivity index (χ1n) is 5.85. The number of nitrogens with zero attached hydrogens (tertiary/aromatic N) is 1. The number of carbonyl (C=O) groups is 1. The summed E-state index contributed by atoms with van der Waals surface area (Å²) in [6.45, 7) is 4.23. The molecule has 16 heavy (non-hydrogen) atoms. The Morgan fingerprint density at radius 2 is 1.88 bits per heavy atom. The van der Waals surface area contributed by atoms with Crippen molar-refractivity contribution in [3.63, 3.8) is 0 Å². The summed E-state index contributed by atoms with van der Waals surface area (Å²) < 4.78 is 0. The van der Waals surface area contributed by atoms with Gasteiger partial charge in [0.1, 0.15) is 0 Å². The number of hydrogen-bond donors (Lipinski definition) is 1. The molecule has 2 aliphatic heterocycles. The molecule has 2 aliphatic rings. The van der Waals surface area contributed by atoms with Crippen molar-refractivity contribution in [1.29, 1.82) is 0 Å². The van der Waals surface area contributed by atoms with Crippen LogP contribution in [0.1, 0.15) is 11.1 Å². The highest BCUT2D eigenvalue weighted by Crippen LogP contribution is 2.22. The number of ketones is 1. The first-order valence-corrected chi connectivity index (χ1v) is 5.85. The summed E-state index contributed by atoms with van der Waals surface area (Å²) in [6.07, 6.45) is 0. The molecule has 84 valence electrons. The number of benzene rings is 1. The van der Waals surface area contributed by atoms with Gasteiger partial charge in [0, 0.05) is 32.1 Å². The molecule has 0 amide bonds. The van der Waals surface area contributed by atoms with Gasteiger partial charge in [-0.25, -0.2) is 0 Å². The summed E-state index contributed by atoms with van der Waals surface area (Å²) in [5.74, 6) is 0.662. The van der Waals surface area contributed by atoms with Crippen molar-refractivity contribution in [1.82, 2.24) is 10.2 Å². The summed E-state index contributed by atoms with van der Waals surface area (Å²) in [5, 5.41) is 3.14. The molecule has 0 aromatic heterocycles. The Hall–Kier alpha value is -1.19. The molecule has 1 saturated heterocycles. The van der Waals surface area contributed by atoms with Gasteiger partial charge in [-0.2, -0.15) is 0 Å². The first-order chi connectivity index (χ1) is 7.83. The van der Waals surface area contributed by atoms with Gasteiger partial charge in [-0.1, -0.05) is 24.3 Å². The number of rotatable bonds is 3. The highest BCUT2D eigenvalue weighted by atomic mass is 16.1. The molecule has 0 unspecified atom stereocenters. The van der Waals surface area contributed by atoms with E-state index < -0.39 is 0 Å². The monoisotopic (exact) mass is 216 g/mol. The first kappa shape index (κ1) is 10.00. The summed E-state index contributed by atoms with van der Waals surface area (Å²) in [6, 6.07) is 8.45. The van der Waals surface area contributed by atoms with Crippen LogP contribution in [0.4, 0.5) is 0 Å². The number of Topliss-reactive ketones (excluding diaryl/α,β-unsaturated/α-hetero) is 1. The standard InChI is InChI=1S/C13H16N2O/c16-13(12-5-14-6-12)9-15-7-10-3-1-2-4-11(10)8-15/h1-4,12,14H,5-9H2. The van der Waals surface area contributed by atoms with E-state index in [4.69, 9.17) is 0 Å². The van der Waals surface area contributed by atoms with Crippen molar-refractivity contribution in [2.45, 2.75) is 13.1 Å². The minimum Gasteiger partial charge on any atom is -0.315 e. The van der Waals surface area contributed by atoms with Crippen LogP contribution in [-0.2, 0) is 17.9 Å². The van der Waals surface area contributed by atoms with Gasteiger partial charge in [-0.05, 0) is 11.1 Å². The van der Waals surface area contributed by atoms with Crippen LogP contribution in [0.2, 0.25) is 0 Å². The van der Waals surface area contributed by atoms with Gasteiger partial charge in [-0.3, -0.25) is 9.69 Å². The van der Waals surface area contributed by atoms with Gasteiger partial charge in [-0.15, -0.1) is 0 Å². The normalized spacial score (nSPS) is 20.5. The second kappa shape index (κ2) is 4.00. The van der Waals surface area contributed by atoms with Gasteiger partial charge in [0.05, 0.1) is 6.54 Å². The summed E-state index contributed by atoms with van der Waals surface area (Å²) in [4.78, 5) is 14.1. The third-order valence-corrected chi connectivity index (χ3v) is 3.52. The van der Waals surface area contributed by atoms with E-state index in [2.05, 4.69) is 34.5 Å². The van der Waals surface area contributed by atoms with Gasteiger partial charge < -0.3 is 5.32 Å². The predicted molar refractivity (Wildman–Crippen MR) is 61.9 cm³/mol. The van der Waals surface area contributed by atoms with E-state index in [-0.39, 0.29) is 5.92 Å². The fraction of sp³-hybridized carbons (Fsp3) is 0.462. The van der Waals surface area contributed by atoms with Gasteiger partial charge in [0.25, 0.3) is 0 Å². The lowest BCUT2D eigenvalue weighted by Gasteiger charge is -2.27. The molecule has 0 radical (unpaired) electrons. The molecule has 1 N–H and O–H groups in total. The third-order valence-electron chi connectivity index (χ3n) is 3.52. The van der Waals surface area contributed by atoms with Gasteiger partial charge in [0.15, 0.2) is 5.78 Å². The minimum absolute atomic E-state index is 0.267. The number of fused-ring (bicyclic) bond motifs is 1. The molecular formula is C13H16N2O. The van der Waals surface area contributed by atoms with E-state index in [1.807, 2.05) is 0 Å². The average molecular weight is 216 g/mol. The largest absolute Gasteiger partial charge is 0.315 e. The number of carbonyl (C=O) groups excluding carboxylic acids is 1. The lowest BCUT2D eigenvalue weighted by molar-refractivity contribution is -0.125. The second-order valence-electron chi connectivity index (χ2n) is 4.74. The highest BCUT2D eigenvalue weighted by Gasteiger charge is 2.28. The molecule has 0 saturated carbocycles. The van der Waals surface area contributed by atoms with Crippen LogP contribution in [-0.4, -0.2) is 30.3 Å². The zero-order valence-corrected chi connectivity index (χ0v) is 9.28. The Bertz CT molecular complexity index is 387. The van der Waals surface area contributed by atoms with Crippen LogP contribution in [0.3, 0.4) is 0 Å². The van der Waals surface area contributed by atoms with Gasteiger partial charge in [0.2, 0.25) is 0 Å². The lowest BCUT2D eigenvalue weighted by Crippen LogP contribution is -2.49. The summed E-state index contributed by atoms with van der Waals surface area (Å²) >= 11 is 0. The Morgan fingerprint density at radius 3 is 2.38 bits per heavy atom. The number of hydrogen-bond acceptors (Lipinski definition) is 3. The Kier molecular flexibility index (Phi) is 2.50. The Labute approximate surface area is 95.4 Å². The van der Waals surface area contributed by atoms with Crippen molar-refractivity contribution in [3.8, 4) is 0 Å². The molecule has 1 aromatic rings. The molecule has 3 rings (SSSR count). The van der Waals surface area contributed by atoms with Gasteiger partial charge >= 0.3 is 0 Å². The molecule has 0 aliphatic carbocycles. The Morgan fingerprint density at radius 1 is 1.25 bits per heavy atom. The zero-order valence-electron chi connectivity index (χ0n) is 9.28. The molecule has 3 heteroatoms. The summed E-state index contributed by atoms with van der Waals surface area (Å²) in [5.41, 5.74) is 2.75. The maximum atomic E-state index is 11.9. The van der Waals surface area contributed by atoms with Crippen LogP contribution < -0.4 is 5.32 Å². The maximum absolute atomic E-state index is 11.9. The fourth-order valence-corrected chi connectivity index (χ4v) is 2.38. The average Bonchev–Trinajstić information content (AvgIpc) is 2.56. The van der Waals surface area contributed by atoms with E-state index in [1.54, 1.807) is 0 Å². The molecule has 0 atom stereocenters.